The van der Waals surface area contributed by atoms with Gasteiger partial charge in [-0.05, 0) is 27.9 Å². The smallest absolute Gasteiger partial charge is 0.323 e. The summed E-state index contributed by atoms with van der Waals surface area (Å²) in [6.07, 6.45) is 0.171. The van der Waals surface area contributed by atoms with Crippen LogP contribution in [0.25, 0.3) is 0 Å². The molecule has 0 aliphatic heterocycles. The Morgan fingerprint density at radius 2 is 1.78 bits per heavy atom. The first-order valence-corrected chi connectivity index (χ1v) is 5.87. The van der Waals surface area contributed by atoms with Gasteiger partial charge < -0.3 is 19.6 Å². The number of carbonyl (C=O) groups is 2. The standard InChI is InChI=1S/C12H24N2O4/c1-12(2,18-5)8-10(15)14(9-11(16)17)7-6-13(3)4/h6-9H2,1-5H3,(H,16,17). The molecular formula is C12H24N2O4. The first-order valence-electron chi connectivity index (χ1n) is 5.87. The maximum atomic E-state index is 12.0. The van der Waals surface area contributed by atoms with Crippen molar-refractivity contribution in [2.24, 2.45) is 0 Å². The third kappa shape index (κ3) is 7.24. The Balaban J connectivity index is 4.53. The van der Waals surface area contributed by atoms with E-state index in [1.807, 2.05) is 19.0 Å². The zero-order valence-corrected chi connectivity index (χ0v) is 11.9. The molecule has 0 bridgehead atoms. The van der Waals surface area contributed by atoms with Gasteiger partial charge in [-0.25, -0.2) is 0 Å². The predicted molar refractivity (Wildman–Crippen MR) is 68.5 cm³/mol. The number of carbonyl (C=O) groups excluding carboxylic acids is 1. The van der Waals surface area contributed by atoms with Crippen LogP contribution < -0.4 is 0 Å². The summed E-state index contributed by atoms with van der Waals surface area (Å²) >= 11 is 0. The minimum atomic E-state index is -1.00. The monoisotopic (exact) mass is 260 g/mol. The Kier molecular flexibility index (Phi) is 6.86. The third-order valence-electron chi connectivity index (χ3n) is 2.63. The number of hydrogen-bond donors (Lipinski definition) is 1. The largest absolute Gasteiger partial charge is 0.480 e. The molecule has 0 spiro atoms. The molecule has 0 fully saturated rings. The summed E-state index contributed by atoms with van der Waals surface area (Å²) in [6.45, 7) is 4.36. The fraction of sp³-hybridized carbons (Fsp3) is 0.833. The lowest BCUT2D eigenvalue weighted by molar-refractivity contribution is -0.146. The van der Waals surface area contributed by atoms with E-state index in [0.29, 0.717) is 13.1 Å². The number of nitrogens with zero attached hydrogens (tertiary/aromatic N) is 2. The molecule has 0 heterocycles. The van der Waals surface area contributed by atoms with Gasteiger partial charge in [-0.3, -0.25) is 9.59 Å². The van der Waals surface area contributed by atoms with Gasteiger partial charge in [0.15, 0.2) is 0 Å². The molecule has 18 heavy (non-hydrogen) atoms. The van der Waals surface area contributed by atoms with Gasteiger partial charge in [0.05, 0.1) is 12.0 Å². The highest BCUT2D eigenvalue weighted by atomic mass is 16.5. The van der Waals surface area contributed by atoms with Crippen LogP contribution in [0.15, 0.2) is 0 Å². The van der Waals surface area contributed by atoms with Crippen LogP contribution >= 0.6 is 0 Å². The summed E-state index contributed by atoms with van der Waals surface area (Å²) < 4.78 is 5.18. The number of rotatable bonds is 8. The van der Waals surface area contributed by atoms with Crippen LogP contribution in [-0.2, 0) is 14.3 Å². The average Bonchev–Trinajstić information content (AvgIpc) is 2.22. The van der Waals surface area contributed by atoms with Crippen molar-refractivity contribution in [3.05, 3.63) is 0 Å². The first kappa shape index (κ1) is 16.9. The molecule has 0 aromatic rings. The topological polar surface area (TPSA) is 70.1 Å². The van der Waals surface area contributed by atoms with Gasteiger partial charge in [0.25, 0.3) is 0 Å². The van der Waals surface area contributed by atoms with Crippen molar-refractivity contribution in [1.29, 1.82) is 0 Å². The van der Waals surface area contributed by atoms with Crippen molar-refractivity contribution in [2.75, 3.05) is 40.8 Å². The molecule has 0 radical (unpaired) electrons. The maximum absolute atomic E-state index is 12.0. The molecular weight excluding hydrogens is 236 g/mol. The van der Waals surface area contributed by atoms with Gasteiger partial charge in [-0.1, -0.05) is 0 Å². The molecule has 0 aromatic carbocycles. The summed E-state index contributed by atoms with van der Waals surface area (Å²) in [7, 11) is 5.29. The molecule has 0 aliphatic rings. The maximum Gasteiger partial charge on any atom is 0.323 e. The fourth-order valence-corrected chi connectivity index (χ4v) is 1.32. The fourth-order valence-electron chi connectivity index (χ4n) is 1.32. The van der Waals surface area contributed by atoms with Crippen LogP contribution in [-0.4, -0.2) is 73.2 Å². The molecule has 0 rings (SSSR count). The predicted octanol–water partition coefficient (Wildman–Crippen LogP) is 0.276. The molecule has 6 nitrogen and oxygen atoms in total. The summed E-state index contributed by atoms with van der Waals surface area (Å²) in [6, 6.07) is 0. The van der Waals surface area contributed by atoms with Gasteiger partial charge >= 0.3 is 5.97 Å². The second-order valence-electron chi connectivity index (χ2n) is 5.15. The Labute approximate surface area is 109 Å². The first-order chi connectivity index (χ1) is 8.18. The number of carboxylic acid groups (broad SMARTS) is 1. The number of amides is 1. The zero-order valence-electron chi connectivity index (χ0n) is 11.9. The second kappa shape index (κ2) is 7.33. The van der Waals surface area contributed by atoms with Gasteiger partial charge in [-0.15, -0.1) is 0 Å². The molecule has 0 saturated heterocycles. The van der Waals surface area contributed by atoms with Crippen LogP contribution in [0.1, 0.15) is 20.3 Å². The van der Waals surface area contributed by atoms with Crippen LogP contribution in [0.5, 0.6) is 0 Å². The normalized spacial score (nSPS) is 11.7. The molecule has 0 atom stereocenters. The van der Waals surface area contributed by atoms with E-state index in [2.05, 4.69) is 0 Å². The molecule has 1 N–H and O–H groups in total. The summed E-state index contributed by atoms with van der Waals surface area (Å²) in [5.74, 6) is -1.21. The highest BCUT2D eigenvalue weighted by Crippen LogP contribution is 2.14. The van der Waals surface area contributed by atoms with Gasteiger partial charge in [0.1, 0.15) is 6.54 Å². The molecule has 0 saturated carbocycles. The molecule has 1 amide bonds. The Hall–Kier alpha value is -1.14. The molecule has 6 heteroatoms. The van der Waals surface area contributed by atoms with E-state index in [1.54, 1.807) is 13.8 Å². The van der Waals surface area contributed by atoms with E-state index in [0.717, 1.165) is 0 Å². The number of carboxylic acids is 1. The average molecular weight is 260 g/mol. The highest BCUT2D eigenvalue weighted by molar-refractivity contribution is 5.82. The molecule has 0 aromatic heterocycles. The molecule has 106 valence electrons. The van der Waals surface area contributed by atoms with Crippen LogP contribution in [0.3, 0.4) is 0 Å². The molecule has 0 unspecified atom stereocenters. The number of ether oxygens (including phenoxy) is 1. The van der Waals surface area contributed by atoms with Crippen molar-refractivity contribution in [2.45, 2.75) is 25.9 Å². The minimum absolute atomic E-state index is 0.171. The number of hydrogen-bond acceptors (Lipinski definition) is 4. The third-order valence-corrected chi connectivity index (χ3v) is 2.63. The van der Waals surface area contributed by atoms with Crippen molar-refractivity contribution < 1.29 is 19.4 Å². The molecule has 0 aliphatic carbocycles. The van der Waals surface area contributed by atoms with Crippen LogP contribution in [0, 0.1) is 0 Å². The minimum Gasteiger partial charge on any atom is -0.480 e. The van der Waals surface area contributed by atoms with E-state index in [1.165, 1.54) is 12.0 Å². The number of methoxy groups -OCH3 is 1. The van der Waals surface area contributed by atoms with Gasteiger partial charge in [0.2, 0.25) is 5.91 Å². The van der Waals surface area contributed by atoms with E-state index >= 15 is 0 Å². The van der Waals surface area contributed by atoms with E-state index < -0.39 is 11.6 Å². The highest BCUT2D eigenvalue weighted by Gasteiger charge is 2.25. The van der Waals surface area contributed by atoms with E-state index in [9.17, 15) is 9.59 Å². The Morgan fingerprint density at radius 3 is 2.17 bits per heavy atom. The van der Waals surface area contributed by atoms with Crippen molar-refractivity contribution >= 4 is 11.9 Å². The Morgan fingerprint density at radius 1 is 1.22 bits per heavy atom. The van der Waals surface area contributed by atoms with Crippen molar-refractivity contribution in [3.8, 4) is 0 Å². The Bertz CT molecular complexity index is 290. The number of aliphatic carboxylic acids is 1. The lowest BCUT2D eigenvalue weighted by Crippen LogP contribution is -2.43. The summed E-state index contributed by atoms with van der Waals surface area (Å²) in [5, 5.41) is 8.81. The van der Waals surface area contributed by atoms with Crippen LogP contribution in [0.4, 0.5) is 0 Å². The lowest BCUT2D eigenvalue weighted by atomic mass is 10.0. The van der Waals surface area contributed by atoms with E-state index in [4.69, 9.17) is 9.84 Å². The quantitative estimate of drug-likeness (QED) is 0.678. The van der Waals surface area contributed by atoms with Crippen LogP contribution in [0.2, 0.25) is 0 Å². The zero-order chi connectivity index (χ0) is 14.3. The van der Waals surface area contributed by atoms with Crippen molar-refractivity contribution in [1.82, 2.24) is 9.80 Å². The summed E-state index contributed by atoms with van der Waals surface area (Å²) in [5.41, 5.74) is -0.577. The summed E-state index contributed by atoms with van der Waals surface area (Å²) in [4.78, 5) is 26.0. The number of likely N-dealkylation sites (N-methyl/N-ethyl adjacent to an activating group) is 1. The van der Waals surface area contributed by atoms with Crippen molar-refractivity contribution in [3.63, 3.8) is 0 Å². The van der Waals surface area contributed by atoms with E-state index in [-0.39, 0.29) is 18.9 Å². The van der Waals surface area contributed by atoms with Gasteiger partial charge in [0, 0.05) is 20.2 Å². The van der Waals surface area contributed by atoms with Gasteiger partial charge in [-0.2, -0.15) is 0 Å². The lowest BCUT2D eigenvalue weighted by Gasteiger charge is -2.28. The second-order valence-corrected chi connectivity index (χ2v) is 5.15. The SMILES string of the molecule is COC(C)(C)CC(=O)N(CCN(C)C)CC(=O)O.